The molecule has 4 heteroatoms. The fourth-order valence-electron chi connectivity index (χ4n) is 2.40. The van der Waals surface area contributed by atoms with Crippen LogP contribution < -0.4 is 10.6 Å². The first kappa shape index (κ1) is 13.8. The van der Waals surface area contributed by atoms with Crippen LogP contribution in [0, 0.1) is 17.3 Å². The fourth-order valence-corrected chi connectivity index (χ4v) is 2.40. The van der Waals surface area contributed by atoms with Gasteiger partial charge in [-0.2, -0.15) is 0 Å². The van der Waals surface area contributed by atoms with Crippen molar-refractivity contribution in [3.8, 4) is 0 Å². The Hall–Kier alpha value is -0.280. The standard InChI is InChI=1S/C12H22N2O.ClH/c1-9(2)12(4-5-12)8-14-11(15)10-3-6-13-7-10;/h9-10,13H,3-8H2,1-2H3,(H,14,15);1H/t10-;/m1./s1. The van der Waals surface area contributed by atoms with E-state index in [0.29, 0.717) is 11.3 Å². The molecule has 0 aromatic heterocycles. The van der Waals surface area contributed by atoms with Crippen LogP contribution in [0.25, 0.3) is 0 Å². The topological polar surface area (TPSA) is 41.1 Å². The van der Waals surface area contributed by atoms with Gasteiger partial charge in [0.05, 0.1) is 5.92 Å². The second-order valence-electron chi connectivity index (χ2n) is 5.42. The zero-order valence-electron chi connectivity index (χ0n) is 10.2. The van der Waals surface area contributed by atoms with Gasteiger partial charge in [-0.1, -0.05) is 13.8 Å². The molecule has 1 amide bonds. The molecule has 1 saturated carbocycles. The molecule has 0 aromatic rings. The number of halogens is 1. The molecule has 0 aromatic carbocycles. The monoisotopic (exact) mass is 246 g/mol. The Bertz CT molecular complexity index is 245. The summed E-state index contributed by atoms with van der Waals surface area (Å²) in [4.78, 5) is 11.8. The van der Waals surface area contributed by atoms with Gasteiger partial charge in [0.2, 0.25) is 5.91 Å². The molecule has 1 heterocycles. The van der Waals surface area contributed by atoms with Crippen molar-refractivity contribution in [2.45, 2.75) is 33.1 Å². The number of carbonyl (C=O) groups is 1. The van der Waals surface area contributed by atoms with Gasteiger partial charge in [-0.25, -0.2) is 0 Å². The van der Waals surface area contributed by atoms with Crippen LogP contribution in [0.5, 0.6) is 0 Å². The third-order valence-electron chi connectivity index (χ3n) is 4.16. The van der Waals surface area contributed by atoms with Crippen molar-refractivity contribution in [1.29, 1.82) is 0 Å². The van der Waals surface area contributed by atoms with Gasteiger partial charge < -0.3 is 10.6 Å². The Morgan fingerprint density at radius 2 is 2.19 bits per heavy atom. The average Bonchev–Trinajstić information content (AvgIpc) is 2.80. The van der Waals surface area contributed by atoms with Gasteiger partial charge in [0.15, 0.2) is 0 Å². The molecule has 3 nitrogen and oxygen atoms in total. The number of hydrogen-bond acceptors (Lipinski definition) is 2. The summed E-state index contributed by atoms with van der Waals surface area (Å²) in [5, 5.41) is 6.36. The van der Waals surface area contributed by atoms with Gasteiger partial charge in [0.1, 0.15) is 0 Å². The number of carbonyl (C=O) groups excluding carboxylic acids is 1. The van der Waals surface area contributed by atoms with Crippen molar-refractivity contribution >= 4 is 18.3 Å². The molecule has 2 fully saturated rings. The fraction of sp³-hybridized carbons (Fsp3) is 0.917. The highest BCUT2D eigenvalue weighted by molar-refractivity contribution is 5.85. The highest BCUT2D eigenvalue weighted by Gasteiger charge is 2.45. The van der Waals surface area contributed by atoms with Crippen molar-refractivity contribution in [3.63, 3.8) is 0 Å². The lowest BCUT2D eigenvalue weighted by Gasteiger charge is -2.21. The number of rotatable bonds is 4. The van der Waals surface area contributed by atoms with E-state index in [9.17, 15) is 4.79 Å². The highest BCUT2D eigenvalue weighted by Crippen LogP contribution is 2.51. The normalized spacial score (nSPS) is 26.3. The molecule has 0 spiro atoms. The molecule has 2 aliphatic rings. The quantitative estimate of drug-likeness (QED) is 0.791. The lowest BCUT2D eigenvalue weighted by atomic mass is 9.92. The van der Waals surface area contributed by atoms with E-state index in [-0.39, 0.29) is 24.2 Å². The van der Waals surface area contributed by atoms with Gasteiger partial charge in [0, 0.05) is 13.1 Å². The Morgan fingerprint density at radius 3 is 2.62 bits per heavy atom. The number of nitrogens with one attached hydrogen (secondary N) is 2. The van der Waals surface area contributed by atoms with E-state index in [2.05, 4.69) is 24.5 Å². The predicted molar refractivity (Wildman–Crippen MR) is 67.7 cm³/mol. The van der Waals surface area contributed by atoms with Crippen molar-refractivity contribution in [2.24, 2.45) is 17.3 Å². The molecule has 0 unspecified atom stereocenters. The maximum absolute atomic E-state index is 11.8. The molecule has 0 bridgehead atoms. The summed E-state index contributed by atoms with van der Waals surface area (Å²) in [6.45, 7) is 7.26. The molecule has 2 N–H and O–H groups in total. The third-order valence-corrected chi connectivity index (χ3v) is 4.16. The molecular formula is C12H23ClN2O. The van der Waals surface area contributed by atoms with E-state index >= 15 is 0 Å². The van der Waals surface area contributed by atoms with E-state index < -0.39 is 0 Å². The number of amides is 1. The lowest BCUT2D eigenvalue weighted by Crippen LogP contribution is -2.37. The van der Waals surface area contributed by atoms with Crippen LogP contribution in [0.1, 0.15) is 33.1 Å². The molecule has 0 radical (unpaired) electrons. The second-order valence-corrected chi connectivity index (χ2v) is 5.42. The largest absolute Gasteiger partial charge is 0.355 e. The molecule has 94 valence electrons. The zero-order valence-corrected chi connectivity index (χ0v) is 11.0. The molecule has 1 saturated heterocycles. The smallest absolute Gasteiger partial charge is 0.224 e. The van der Waals surface area contributed by atoms with Crippen molar-refractivity contribution in [1.82, 2.24) is 10.6 Å². The van der Waals surface area contributed by atoms with Crippen LogP contribution >= 0.6 is 12.4 Å². The molecule has 16 heavy (non-hydrogen) atoms. The van der Waals surface area contributed by atoms with E-state index in [1.807, 2.05) is 0 Å². The Labute approximate surface area is 104 Å². The van der Waals surface area contributed by atoms with Gasteiger partial charge in [-0.3, -0.25) is 4.79 Å². The van der Waals surface area contributed by atoms with E-state index in [1.165, 1.54) is 12.8 Å². The summed E-state index contributed by atoms with van der Waals surface area (Å²) in [6.07, 6.45) is 3.57. The first-order chi connectivity index (χ1) is 7.14. The third kappa shape index (κ3) is 2.89. The maximum atomic E-state index is 11.8. The minimum atomic E-state index is 0. The SMILES string of the molecule is CC(C)C1(CNC(=O)[C@@H]2CCNC2)CC1.Cl. The molecule has 1 atom stereocenters. The minimum Gasteiger partial charge on any atom is -0.355 e. The number of hydrogen-bond donors (Lipinski definition) is 2. The van der Waals surface area contributed by atoms with Crippen molar-refractivity contribution in [3.05, 3.63) is 0 Å². The van der Waals surface area contributed by atoms with Gasteiger partial charge in [-0.05, 0) is 37.1 Å². The lowest BCUT2D eigenvalue weighted by molar-refractivity contribution is -0.124. The predicted octanol–water partition coefficient (Wildman–Crippen LogP) is 1.57. The Kier molecular flexibility index (Phi) is 4.62. The maximum Gasteiger partial charge on any atom is 0.224 e. The Balaban J connectivity index is 0.00000128. The van der Waals surface area contributed by atoms with Crippen LogP contribution in [0.15, 0.2) is 0 Å². The molecule has 1 aliphatic carbocycles. The zero-order chi connectivity index (χ0) is 10.9. The molecule has 2 rings (SSSR count). The minimum absolute atomic E-state index is 0. The van der Waals surface area contributed by atoms with E-state index in [4.69, 9.17) is 0 Å². The van der Waals surface area contributed by atoms with Crippen LogP contribution in [0.2, 0.25) is 0 Å². The summed E-state index contributed by atoms with van der Waals surface area (Å²) in [5.41, 5.74) is 0.432. The summed E-state index contributed by atoms with van der Waals surface area (Å²) in [7, 11) is 0. The summed E-state index contributed by atoms with van der Waals surface area (Å²) >= 11 is 0. The first-order valence-electron chi connectivity index (χ1n) is 6.12. The summed E-state index contributed by atoms with van der Waals surface area (Å²) in [5.74, 6) is 1.17. The van der Waals surface area contributed by atoms with Gasteiger partial charge >= 0.3 is 0 Å². The molecular weight excluding hydrogens is 224 g/mol. The molecule has 1 aliphatic heterocycles. The Morgan fingerprint density at radius 1 is 1.50 bits per heavy atom. The summed E-state index contributed by atoms with van der Waals surface area (Å²) < 4.78 is 0. The van der Waals surface area contributed by atoms with Crippen molar-refractivity contribution in [2.75, 3.05) is 19.6 Å². The van der Waals surface area contributed by atoms with Gasteiger partial charge in [-0.15, -0.1) is 12.4 Å². The highest BCUT2D eigenvalue weighted by atomic mass is 35.5. The van der Waals surface area contributed by atoms with E-state index in [0.717, 1.165) is 26.1 Å². The average molecular weight is 247 g/mol. The van der Waals surface area contributed by atoms with Gasteiger partial charge in [0.25, 0.3) is 0 Å². The van der Waals surface area contributed by atoms with E-state index in [1.54, 1.807) is 0 Å². The first-order valence-corrected chi connectivity index (χ1v) is 6.12. The second kappa shape index (κ2) is 5.37. The summed E-state index contributed by atoms with van der Waals surface area (Å²) in [6, 6.07) is 0. The van der Waals surface area contributed by atoms with Crippen molar-refractivity contribution < 1.29 is 4.79 Å². The van der Waals surface area contributed by atoms with Crippen LogP contribution in [0.4, 0.5) is 0 Å². The van der Waals surface area contributed by atoms with Crippen LogP contribution in [-0.4, -0.2) is 25.5 Å². The van der Waals surface area contributed by atoms with Crippen LogP contribution in [0.3, 0.4) is 0 Å². The van der Waals surface area contributed by atoms with Crippen LogP contribution in [-0.2, 0) is 4.79 Å².